The van der Waals surface area contributed by atoms with Crippen molar-refractivity contribution in [1.29, 1.82) is 0 Å². The normalized spacial score (nSPS) is 10.6. The molecular weight excluding hydrogens is 278 g/mol. The van der Waals surface area contributed by atoms with Crippen molar-refractivity contribution in [2.45, 2.75) is 27.3 Å². The first-order chi connectivity index (χ1) is 9.42. The van der Waals surface area contributed by atoms with E-state index in [1.165, 1.54) is 0 Å². The van der Waals surface area contributed by atoms with Gasteiger partial charge in [-0.3, -0.25) is 9.48 Å². The first kappa shape index (κ1) is 14.3. The van der Waals surface area contributed by atoms with Crippen LogP contribution < -0.4 is 5.32 Å². The lowest BCUT2D eigenvalue weighted by atomic mass is 10.3. The minimum atomic E-state index is -0.984. The predicted octanol–water partition coefficient (Wildman–Crippen LogP) is 2.53. The van der Waals surface area contributed by atoms with E-state index in [2.05, 4.69) is 10.4 Å². The van der Waals surface area contributed by atoms with Crippen molar-refractivity contribution in [3.05, 3.63) is 34.0 Å². The van der Waals surface area contributed by atoms with E-state index in [1.54, 1.807) is 23.7 Å². The monoisotopic (exact) mass is 293 g/mol. The molecule has 2 aromatic heterocycles. The van der Waals surface area contributed by atoms with Crippen LogP contribution in [0, 0.1) is 13.8 Å². The molecule has 0 aliphatic heterocycles. The molecule has 0 spiro atoms. The molecule has 6 nitrogen and oxygen atoms in total. The number of carbonyl (C=O) groups excluding carboxylic acids is 1. The van der Waals surface area contributed by atoms with Crippen molar-refractivity contribution in [1.82, 2.24) is 9.78 Å². The molecule has 2 heterocycles. The van der Waals surface area contributed by atoms with Gasteiger partial charge in [0.1, 0.15) is 10.6 Å². The van der Waals surface area contributed by atoms with Crippen LogP contribution in [0.5, 0.6) is 0 Å². The Kier molecular flexibility index (Phi) is 3.89. The van der Waals surface area contributed by atoms with Gasteiger partial charge in [0.15, 0.2) is 0 Å². The summed E-state index contributed by atoms with van der Waals surface area (Å²) in [7, 11) is 0. The fourth-order valence-corrected chi connectivity index (χ4v) is 2.81. The molecule has 0 saturated heterocycles. The first-order valence-corrected chi connectivity index (χ1v) is 6.93. The van der Waals surface area contributed by atoms with Crippen molar-refractivity contribution in [3.63, 3.8) is 0 Å². The molecule has 0 unspecified atom stereocenters. The predicted molar refractivity (Wildman–Crippen MR) is 76.6 cm³/mol. The van der Waals surface area contributed by atoms with Crippen molar-refractivity contribution in [3.8, 4) is 0 Å². The summed E-state index contributed by atoms with van der Waals surface area (Å²) < 4.78 is 1.61. The topological polar surface area (TPSA) is 84.2 Å². The summed E-state index contributed by atoms with van der Waals surface area (Å²) in [6.45, 7) is 6.03. The second-order valence-corrected chi connectivity index (χ2v) is 5.42. The van der Waals surface area contributed by atoms with E-state index in [9.17, 15) is 9.59 Å². The van der Waals surface area contributed by atoms with Crippen LogP contribution in [0.3, 0.4) is 0 Å². The van der Waals surface area contributed by atoms with Gasteiger partial charge in [0.2, 0.25) is 0 Å². The van der Waals surface area contributed by atoms with Gasteiger partial charge in [0.05, 0.1) is 10.7 Å². The lowest BCUT2D eigenvalue weighted by Crippen LogP contribution is -2.16. The molecule has 7 heteroatoms. The van der Waals surface area contributed by atoms with Crippen molar-refractivity contribution in [2.75, 3.05) is 5.32 Å². The van der Waals surface area contributed by atoms with Crippen LogP contribution in [0.15, 0.2) is 12.1 Å². The summed E-state index contributed by atoms with van der Waals surface area (Å²) in [4.78, 5) is 23.4. The molecule has 0 saturated carbocycles. The summed E-state index contributed by atoms with van der Waals surface area (Å²) in [5, 5.41) is 16.4. The highest BCUT2D eigenvalue weighted by molar-refractivity contribution is 7.18. The van der Waals surface area contributed by atoms with Crippen LogP contribution in [0.4, 0.5) is 5.00 Å². The maximum Gasteiger partial charge on any atom is 0.346 e. The molecular formula is C13H15N3O3S. The second kappa shape index (κ2) is 5.46. The molecule has 0 fully saturated rings. The fourth-order valence-electron chi connectivity index (χ4n) is 1.90. The first-order valence-electron chi connectivity index (χ1n) is 6.12. The number of thiophene rings is 1. The van der Waals surface area contributed by atoms with Gasteiger partial charge in [-0.05, 0) is 38.5 Å². The van der Waals surface area contributed by atoms with Gasteiger partial charge in [-0.2, -0.15) is 5.10 Å². The van der Waals surface area contributed by atoms with Gasteiger partial charge in [-0.25, -0.2) is 4.79 Å². The standard InChI is InChI=1S/C13H15N3O3S/c1-4-16-9(6-8(3)15-16)12(17)14-10-5-7(2)11(20-10)13(18)19/h5-6H,4H2,1-3H3,(H,14,17)(H,18,19). The van der Waals surface area contributed by atoms with Gasteiger partial charge >= 0.3 is 5.97 Å². The number of carbonyl (C=O) groups is 2. The molecule has 0 bridgehead atoms. The van der Waals surface area contributed by atoms with Gasteiger partial charge < -0.3 is 10.4 Å². The number of aryl methyl sites for hydroxylation is 3. The SMILES string of the molecule is CCn1nc(C)cc1C(=O)Nc1cc(C)c(C(=O)O)s1. The highest BCUT2D eigenvalue weighted by Crippen LogP contribution is 2.27. The molecule has 2 N–H and O–H groups in total. The minimum Gasteiger partial charge on any atom is -0.477 e. The van der Waals surface area contributed by atoms with Crippen LogP contribution in [0.1, 0.15) is 38.3 Å². The molecule has 0 radical (unpaired) electrons. The summed E-state index contributed by atoms with van der Waals surface area (Å²) in [6, 6.07) is 3.36. The Hall–Kier alpha value is -2.15. The number of amides is 1. The molecule has 20 heavy (non-hydrogen) atoms. The minimum absolute atomic E-state index is 0.237. The second-order valence-electron chi connectivity index (χ2n) is 4.37. The maximum atomic E-state index is 12.2. The quantitative estimate of drug-likeness (QED) is 0.907. The number of carboxylic acid groups (broad SMARTS) is 1. The summed E-state index contributed by atoms with van der Waals surface area (Å²) >= 11 is 1.05. The Morgan fingerprint density at radius 2 is 2.10 bits per heavy atom. The van der Waals surface area contributed by atoms with E-state index in [4.69, 9.17) is 5.11 Å². The molecule has 1 amide bonds. The van der Waals surface area contributed by atoms with Crippen molar-refractivity contribution >= 4 is 28.2 Å². The number of rotatable bonds is 4. The molecule has 106 valence electrons. The highest BCUT2D eigenvalue weighted by atomic mass is 32.1. The third-order valence-corrected chi connectivity index (χ3v) is 3.92. The van der Waals surface area contributed by atoms with E-state index < -0.39 is 5.97 Å². The Morgan fingerprint density at radius 1 is 1.40 bits per heavy atom. The zero-order chi connectivity index (χ0) is 14.9. The number of nitrogens with zero attached hydrogens (tertiary/aromatic N) is 2. The Morgan fingerprint density at radius 3 is 2.65 bits per heavy atom. The van der Waals surface area contributed by atoms with Crippen LogP contribution in [-0.2, 0) is 6.54 Å². The maximum absolute atomic E-state index is 12.2. The van der Waals surface area contributed by atoms with E-state index >= 15 is 0 Å². The summed E-state index contributed by atoms with van der Waals surface area (Å²) in [6.07, 6.45) is 0. The highest BCUT2D eigenvalue weighted by Gasteiger charge is 2.17. The number of hydrogen-bond donors (Lipinski definition) is 2. The third-order valence-electron chi connectivity index (χ3n) is 2.78. The van der Waals surface area contributed by atoms with E-state index in [0.29, 0.717) is 22.8 Å². The van der Waals surface area contributed by atoms with E-state index in [-0.39, 0.29) is 10.8 Å². The molecule has 2 rings (SSSR count). The Labute approximate surface area is 120 Å². The zero-order valence-electron chi connectivity index (χ0n) is 11.4. The Balaban J connectivity index is 2.23. The Bertz CT molecular complexity index is 672. The molecule has 0 atom stereocenters. The lowest BCUT2D eigenvalue weighted by Gasteiger charge is -2.04. The van der Waals surface area contributed by atoms with E-state index in [0.717, 1.165) is 17.0 Å². The zero-order valence-corrected chi connectivity index (χ0v) is 12.2. The number of anilines is 1. The van der Waals surface area contributed by atoms with Crippen LogP contribution >= 0.6 is 11.3 Å². The summed E-state index contributed by atoms with van der Waals surface area (Å²) in [5.41, 5.74) is 1.87. The third kappa shape index (κ3) is 2.72. The van der Waals surface area contributed by atoms with Gasteiger partial charge in [-0.15, -0.1) is 11.3 Å². The van der Waals surface area contributed by atoms with E-state index in [1.807, 2.05) is 13.8 Å². The average molecular weight is 293 g/mol. The molecule has 2 aromatic rings. The van der Waals surface area contributed by atoms with Gasteiger partial charge in [0, 0.05) is 6.54 Å². The fraction of sp³-hybridized carbons (Fsp3) is 0.308. The van der Waals surface area contributed by atoms with Gasteiger partial charge in [-0.1, -0.05) is 0 Å². The number of hydrogen-bond acceptors (Lipinski definition) is 4. The number of aromatic carboxylic acids is 1. The number of carboxylic acids is 1. The van der Waals surface area contributed by atoms with Crippen LogP contribution in [0.2, 0.25) is 0 Å². The van der Waals surface area contributed by atoms with Gasteiger partial charge in [0.25, 0.3) is 5.91 Å². The largest absolute Gasteiger partial charge is 0.477 e. The lowest BCUT2D eigenvalue weighted by molar-refractivity contribution is 0.0701. The number of nitrogens with one attached hydrogen (secondary N) is 1. The van der Waals surface area contributed by atoms with Crippen LogP contribution in [0.25, 0.3) is 0 Å². The van der Waals surface area contributed by atoms with Crippen molar-refractivity contribution in [2.24, 2.45) is 0 Å². The van der Waals surface area contributed by atoms with Crippen molar-refractivity contribution < 1.29 is 14.7 Å². The smallest absolute Gasteiger partial charge is 0.346 e. The number of aromatic nitrogens is 2. The molecule has 0 aliphatic carbocycles. The summed E-state index contributed by atoms with van der Waals surface area (Å²) in [5.74, 6) is -1.27. The average Bonchev–Trinajstić information content (AvgIpc) is 2.92. The van der Waals surface area contributed by atoms with Crippen LogP contribution in [-0.4, -0.2) is 26.8 Å². The molecule has 0 aromatic carbocycles. The molecule has 0 aliphatic rings.